The van der Waals surface area contributed by atoms with Crippen LogP contribution in [0.5, 0.6) is 0 Å². The number of hydrogen-bond acceptors (Lipinski definition) is 3. The normalized spacial score (nSPS) is 13.3. The maximum Gasteiger partial charge on any atom is 0.408 e. The van der Waals surface area contributed by atoms with Crippen LogP contribution in [-0.4, -0.2) is 23.4 Å². The second-order valence-corrected chi connectivity index (χ2v) is 11.0. The molecule has 0 aliphatic rings. The summed E-state index contributed by atoms with van der Waals surface area (Å²) in [7, 11) is -3.49. The van der Waals surface area contributed by atoms with Gasteiger partial charge in [-0.1, -0.05) is 48.5 Å². The van der Waals surface area contributed by atoms with Crippen molar-refractivity contribution in [2.75, 3.05) is 0 Å². The fraction of sp³-hybridized carbons (Fsp3) is 0.231. The van der Waals surface area contributed by atoms with Gasteiger partial charge in [0.15, 0.2) is 0 Å². The second-order valence-electron chi connectivity index (χ2n) is 8.61. The quantitative estimate of drug-likeness (QED) is 0.388. The number of carbonyl (C=O) groups is 1. The molecule has 0 saturated carbocycles. The molecule has 1 atom stereocenters. The third-order valence-corrected chi connectivity index (χ3v) is 7.24. The zero-order valence-electron chi connectivity index (χ0n) is 19.2. The van der Waals surface area contributed by atoms with E-state index in [1.807, 2.05) is 12.1 Å². The van der Waals surface area contributed by atoms with E-state index in [9.17, 15) is 13.8 Å². The molecule has 0 unspecified atom stereocenters. The fourth-order valence-electron chi connectivity index (χ4n) is 3.24. The summed E-state index contributed by atoms with van der Waals surface area (Å²) in [5.41, 5.74) is 0.226. The molecule has 3 aromatic rings. The molecule has 3 rings (SSSR count). The number of halogens is 1. The maximum absolute atomic E-state index is 14.5. The summed E-state index contributed by atoms with van der Waals surface area (Å²) in [6.07, 6.45) is -0.626. The molecule has 1 N–H and O–H groups in total. The molecule has 0 radical (unpaired) electrons. The molecule has 0 aliphatic carbocycles. The van der Waals surface area contributed by atoms with Crippen LogP contribution >= 0.6 is 7.29 Å². The number of carbonyl (C=O) groups excluding carboxylic acids is 1. The summed E-state index contributed by atoms with van der Waals surface area (Å²) in [5.74, 6) is -0.403. The van der Waals surface area contributed by atoms with Crippen LogP contribution in [-0.2, 0) is 9.30 Å². The Hall–Kier alpha value is -3.24. The average Bonchev–Trinajstić information content (AvgIpc) is 2.78. The number of nitrogens with zero attached hydrogens (tertiary/aromatic N) is 1. The van der Waals surface area contributed by atoms with Crippen molar-refractivity contribution in [2.24, 2.45) is 4.76 Å². The lowest BCUT2D eigenvalue weighted by atomic mass is 10.0. The summed E-state index contributed by atoms with van der Waals surface area (Å²) >= 11 is 0. The van der Waals surface area contributed by atoms with Gasteiger partial charge in [0.05, 0.1) is 11.8 Å². The Kier molecular flexibility index (Phi) is 7.50. The highest BCUT2D eigenvalue weighted by atomic mass is 31.2. The summed E-state index contributed by atoms with van der Waals surface area (Å²) < 4.78 is 38.3. The summed E-state index contributed by atoms with van der Waals surface area (Å²) in [6.45, 7) is 7.04. The maximum atomic E-state index is 14.5. The number of rotatable bonds is 6. The lowest BCUT2D eigenvalue weighted by Gasteiger charge is -2.24. The van der Waals surface area contributed by atoms with E-state index in [1.54, 1.807) is 88.4 Å². The van der Waals surface area contributed by atoms with E-state index in [2.05, 4.69) is 5.32 Å². The van der Waals surface area contributed by atoms with Gasteiger partial charge >= 0.3 is 6.09 Å². The standard InChI is InChI=1S/C26H28FN2O3P/c1-19(28-25(30)32-26(2,3)4)24(20-15-17-21(27)18-16-20)29-33(31,22-11-7-5-8-12-22)23-13-9-6-10-14-23/h5-19H,1-4H3,(H,28,30)/b29-24+/t19-/m0/s1. The van der Waals surface area contributed by atoms with Crippen molar-refractivity contribution in [3.8, 4) is 0 Å². The Morgan fingerprint density at radius 2 is 1.39 bits per heavy atom. The number of amides is 1. The molecule has 0 aromatic heterocycles. The summed E-state index contributed by atoms with van der Waals surface area (Å²) in [6, 6.07) is 23.1. The van der Waals surface area contributed by atoms with Crippen molar-refractivity contribution in [1.29, 1.82) is 0 Å². The molecular formula is C26H28FN2O3P. The number of hydrogen-bond donors (Lipinski definition) is 1. The summed E-state index contributed by atoms with van der Waals surface area (Å²) in [4.78, 5) is 12.4. The Labute approximate surface area is 194 Å². The van der Waals surface area contributed by atoms with Gasteiger partial charge in [0, 0.05) is 10.6 Å². The minimum absolute atomic E-state index is 0.358. The Bertz CT molecular complexity index is 1110. The molecule has 0 saturated heterocycles. The Balaban J connectivity index is 2.14. The Morgan fingerprint density at radius 1 is 0.909 bits per heavy atom. The average molecular weight is 466 g/mol. The van der Waals surface area contributed by atoms with Gasteiger partial charge in [-0.25, -0.2) is 13.9 Å². The van der Waals surface area contributed by atoms with E-state index >= 15 is 0 Å². The second kappa shape index (κ2) is 10.1. The first-order valence-corrected chi connectivity index (χ1v) is 12.3. The molecule has 0 fully saturated rings. The van der Waals surface area contributed by atoms with Gasteiger partial charge < -0.3 is 10.1 Å². The molecule has 7 heteroatoms. The van der Waals surface area contributed by atoms with Crippen molar-refractivity contribution in [2.45, 2.75) is 39.3 Å². The fourth-order valence-corrected chi connectivity index (χ4v) is 5.52. The predicted molar refractivity (Wildman–Crippen MR) is 132 cm³/mol. The molecule has 0 heterocycles. The van der Waals surface area contributed by atoms with Gasteiger partial charge in [0.25, 0.3) is 0 Å². The molecule has 33 heavy (non-hydrogen) atoms. The van der Waals surface area contributed by atoms with Crippen molar-refractivity contribution < 1.29 is 18.5 Å². The van der Waals surface area contributed by atoms with Crippen molar-refractivity contribution in [3.63, 3.8) is 0 Å². The van der Waals surface area contributed by atoms with Crippen LogP contribution in [0.15, 0.2) is 89.7 Å². The monoisotopic (exact) mass is 466 g/mol. The summed E-state index contributed by atoms with van der Waals surface area (Å²) in [5, 5.41) is 3.88. The SMILES string of the molecule is C[C@H](NC(=O)OC(C)(C)C)/C(=N\P(=O)(c1ccccc1)c1ccccc1)c1ccc(F)cc1. The van der Waals surface area contributed by atoms with E-state index in [-0.39, 0.29) is 0 Å². The predicted octanol–water partition coefficient (Wildman–Crippen LogP) is 5.46. The molecule has 5 nitrogen and oxygen atoms in total. The van der Waals surface area contributed by atoms with Crippen LogP contribution in [0.25, 0.3) is 0 Å². The Morgan fingerprint density at radius 3 is 1.85 bits per heavy atom. The lowest BCUT2D eigenvalue weighted by Crippen LogP contribution is -2.42. The third-order valence-electron chi connectivity index (χ3n) is 4.74. The topological polar surface area (TPSA) is 67.8 Å². The van der Waals surface area contributed by atoms with Crippen LogP contribution in [0.2, 0.25) is 0 Å². The van der Waals surface area contributed by atoms with E-state index in [1.165, 1.54) is 12.1 Å². The minimum atomic E-state index is -3.49. The smallest absolute Gasteiger partial charge is 0.408 e. The van der Waals surface area contributed by atoms with E-state index in [0.29, 0.717) is 21.9 Å². The van der Waals surface area contributed by atoms with Crippen LogP contribution in [0.3, 0.4) is 0 Å². The van der Waals surface area contributed by atoms with Gasteiger partial charge in [-0.2, -0.15) is 0 Å². The first kappa shape index (κ1) is 24.4. The van der Waals surface area contributed by atoms with Gasteiger partial charge in [-0.05, 0) is 69.7 Å². The number of benzene rings is 3. The van der Waals surface area contributed by atoms with Crippen LogP contribution in [0, 0.1) is 5.82 Å². The number of nitrogens with one attached hydrogen (secondary N) is 1. The number of alkyl carbamates (subject to hydrolysis) is 1. The van der Waals surface area contributed by atoms with Crippen LogP contribution in [0.1, 0.15) is 33.3 Å². The molecule has 3 aromatic carbocycles. The van der Waals surface area contributed by atoms with E-state index in [4.69, 9.17) is 9.50 Å². The van der Waals surface area contributed by atoms with E-state index in [0.717, 1.165) is 0 Å². The van der Waals surface area contributed by atoms with Crippen molar-refractivity contribution >= 4 is 29.7 Å². The molecule has 0 bridgehead atoms. The van der Waals surface area contributed by atoms with E-state index < -0.39 is 30.8 Å². The van der Waals surface area contributed by atoms with Gasteiger partial charge in [-0.3, -0.25) is 4.57 Å². The zero-order valence-corrected chi connectivity index (χ0v) is 20.1. The highest BCUT2D eigenvalue weighted by Gasteiger charge is 2.30. The largest absolute Gasteiger partial charge is 0.444 e. The van der Waals surface area contributed by atoms with Crippen LogP contribution in [0.4, 0.5) is 9.18 Å². The first-order valence-electron chi connectivity index (χ1n) is 10.7. The van der Waals surface area contributed by atoms with Crippen molar-refractivity contribution in [1.82, 2.24) is 5.32 Å². The van der Waals surface area contributed by atoms with Crippen molar-refractivity contribution in [3.05, 3.63) is 96.3 Å². The number of ether oxygens (including phenoxy) is 1. The molecule has 1 amide bonds. The molecule has 0 aliphatic heterocycles. The molecule has 172 valence electrons. The zero-order chi connectivity index (χ0) is 24.1. The third kappa shape index (κ3) is 6.39. The minimum Gasteiger partial charge on any atom is -0.444 e. The molecule has 0 spiro atoms. The van der Waals surface area contributed by atoms with Gasteiger partial charge in [-0.15, -0.1) is 0 Å². The first-order chi connectivity index (χ1) is 15.6. The van der Waals surface area contributed by atoms with Crippen LogP contribution < -0.4 is 15.9 Å². The lowest BCUT2D eigenvalue weighted by molar-refractivity contribution is 0.0521. The van der Waals surface area contributed by atoms with Gasteiger partial charge in [0.2, 0.25) is 7.29 Å². The molecular weight excluding hydrogens is 438 g/mol. The van der Waals surface area contributed by atoms with Gasteiger partial charge in [0.1, 0.15) is 11.4 Å². The highest BCUT2D eigenvalue weighted by Crippen LogP contribution is 2.45. The highest BCUT2D eigenvalue weighted by molar-refractivity contribution is 7.77.